The second kappa shape index (κ2) is 2.61. The lowest BCUT2D eigenvalue weighted by Gasteiger charge is -1.90. The van der Waals surface area contributed by atoms with Crippen LogP contribution >= 0.6 is 0 Å². The molecule has 12 heavy (non-hydrogen) atoms. The molecule has 0 aliphatic carbocycles. The van der Waals surface area contributed by atoms with E-state index >= 15 is 0 Å². The maximum Gasteiger partial charge on any atom is 0.340 e. The van der Waals surface area contributed by atoms with Gasteiger partial charge in [-0.1, -0.05) is 0 Å². The Hall–Kier alpha value is -1.91. The van der Waals surface area contributed by atoms with Gasteiger partial charge in [0.15, 0.2) is 5.82 Å². The zero-order valence-electron chi connectivity index (χ0n) is 6.11. The smallest absolute Gasteiger partial charge is 0.289 e. The molecule has 60 valence electrons. The van der Waals surface area contributed by atoms with Gasteiger partial charge in [0, 0.05) is 18.0 Å². The van der Waals surface area contributed by atoms with Gasteiger partial charge < -0.3 is 0 Å². The SMILES string of the molecule is O=c1[nH]nc(-c2ccncc2)[nH]1. The van der Waals surface area contributed by atoms with Crippen molar-refractivity contribution in [3.8, 4) is 11.4 Å². The molecule has 5 heteroatoms. The summed E-state index contributed by atoms with van der Waals surface area (Å²) in [6, 6.07) is 3.54. The molecule has 0 aromatic carbocycles. The van der Waals surface area contributed by atoms with Crippen LogP contribution in [-0.2, 0) is 0 Å². The topological polar surface area (TPSA) is 74.4 Å². The lowest BCUT2D eigenvalue weighted by atomic mass is 10.3. The summed E-state index contributed by atoms with van der Waals surface area (Å²) in [6.45, 7) is 0. The van der Waals surface area contributed by atoms with Crippen LogP contribution in [0, 0.1) is 0 Å². The summed E-state index contributed by atoms with van der Waals surface area (Å²) < 4.78 is 0. The van der Waals surface area contributed by atoms with Gasteiger partial charge in [0.2, 0.25) is 0 Å². The van der Waals surface area contributed by atoms with Crippen molar-refractivity contribution >= 4 is 0 Å². The summed E-state index contributed by atoms with van der Waals surface area (Å²) in [4.78, 5) is 17.1. The van der Waals surface area contributed by atoms with Gasteiger partial charge in [0.25, 0.3) is 0 Å². The molecular weight excluding hydrogens is 156 g/mol. The fourth-order valence-electron chi connectivity index (χ4n) is 0.917. The first-order valence-corrected chi connectivity index (χ1v) is 3.41. The number of aromatic amines is 2. The molecule has 2 heterocycles. The quantitative estimate of drug-likeness (QED) is 0.627. The van der Waals surface area contributed by atoms with Crippen molar-refractivity contribution in [2.75, 3.05) is 0 Å². The van der Waals surface area contributed by atoms with E-state index < -0.39 is 0 Å². The summed E-state index contributed by atoms with van der Waals surface area (Å²) >= 11 is 0. The van der Waals surface area contributed by atoms with E-state index in [0.717, 1.165) is 5.56 Å². The number of hydrogen-bond acceptors (Lipinski definition) is 3. The van der Waals surface area contributed by atoms with E-state index in [2.05, 4.69) is 20.2 Å². The van der Waals surface area contributed by atoms with E-state index in [1.165, 1.54) is 0 Å². The van der Waals surface area contributed by atoms with Gasteiger partial charge in [-0.25, -0.2) is 9.89 Å². The van der Waals surface area contributed by atoms with Gasteiger partial charge in [-0.15, -0.1) is 0 Å². The van der Waals surface area contributed by atoms with Gasteiger partial charge in [-0.2, -0.15) is 5.10 Å². The third kappa shape index (κ3) is 1.12. The average Bonchev–Trinajstić information content (AvgIpc) is 2.54. The Morgan fingerprint density at radius 2 is 2.00 bits per heavy atom. The molecule has 2 N–H and O–H groups in total. The van der Waals surface area contributed by atoms with E-state index in [9.17, 15) is 4.79 Å². The largest absolute Gasteiger partial charge is 0.340 e. The Morgan fingerprint density at radius 3 is 2.58 bits per heavy atom. The van der Waals surface area contributed by atoms with Crippen molar-refractivity contribution < 1.29 is 0 Å². The molecule has 2 aromatic rings. The Balaban J connectivity index is 2.51. The van der Waals surface area contributed by atoms with Crippen LogP contribution in [-0.4, -0.2) is 20.2 Å². The van der Waals surface area contributed by atoms with Crippen LogP contribution in [0.5, 0.6) is 0 Å². The van der Waals surface area contributed by atoms with Crippen molar-refractivity contribution in [1.82, 2.24) is 20.2 Å². The number of hydrogen-bond donors (Lipinski definition) is 2. The maximum atomic E-state index is 10.7. The summed E-state index contributed by atoms with van der Waals surface area (Å²) in [6.07, 6.45) is 3.28. The number of rotatable bonds is 1. The highest BCUT2D eigenvalue weighted by molar-refractivity contribution is 5.52. The van der Waals surface area contributed by atoms with E-state index in [4.69, 9.17) is 0 Å². The molecular formula is C7H6N4O. The first-order valence-electron chi connectivity index (χ1n) is 3.41. The van der Waals surface area contributed by atoms with Crippen LogP contribution in [0.2, 0.25) is 0 Å². The van der Waals surface area contributed by atoms with Crippen LogP contribution in [0.15, 0.2) is 29.3 Å². The molecule has 0 saturated carbocycles. The summed E-state index contributed by atoms with van der Waals surface area (Å²) in [5.41, 5.74) is 0.533. The van der Waals surface area contributed by atoms with Crippen molar-refractivity contribution in [2.45, 2.75) is 0 Å². The fourth-order valence-corrected chi connectivity index (χ4v) is 0.917. The third-order valence-corrected chi connectivity index (χ3v) is 1.45. The van der Waals surface area contributed by atoms with Crippen molar-refractivity contribution in [2.24, 2.45) is 0 Å². The Bertz CT molecular complexity index is 416. The third-order valence-electron chi connectivity index (χ3n) is 1.45. The molecule has 0 saturated heterocycles. The van der Waals surface area contributed by atoms with Crippen molar-refractivity contribution in [3.05, 3.63) is 35.0 Å². The highest BCUT2D eigenvalue weighted by Gasteiger charge is 1.99. The van der Waals surface area contributed by atoms with Crippen LogP contribution < -0.4 is 5.69 Å². The monoisotopic (exact) mass is 162 g/mol. The van der Waals surface area contributed by atoms with Gasteiger partial charge >= 0.3 is 5.69 Å². The fraction of sp³-hybridized carbons (Fsp3) is 0. The number of pyridine rings is 1. The molecule has 0 radical (unpaired) electrons. The first kappa shape index (κ1) is 6.78. The van der Waals surface area contributed by atoms with Crippen LogP contribution in [0.1, 0.15) is 0 Å². The zero-order valence-corrected chi connectivity index (χ0v) is 6.11. The van der Waals surface area contributed by atoms with E-state index in [1.54, 1.807) is 24.5 Å². The second-order valence-corrected chi connectivity index (χ2v) is 2.26. The lowest BCUT2D eigenvalue weighted by Crippen LogP contribution is -2.00. The maximum absolute atomic E-state index is 10.7. The zero-order chi connectivity index (χ0) is 8.39. The van der Waals surface area contributed by atoms with Gasteiger partial charge in [0.05, 0.1) is 0 Å². The number of H-pyrrole nitrogens is 2. The van der Waals surface area contributed by atoms with E-state index in [0.29, 0.717) is 5.82 Å². The molecule has 0 aliphatic heterocycles. The molecule has 0 aliphatic rings. The van der Waals surface area contributed by atoms with Gasteiger partial charge in [-0.05, 0) is 12.1 Å². The first-order chi connectivity index (χ1) is 5.86. The minimum atomic E-state index is -0.304. The summed E-state index contributed by atoms with van der Waals surface area (Å²) in [5.74, 6) is 0.530. The normalized spacial score (nSPS) is 10.0. The highest BCUT2D eigenvalue weighted by atomic mass is 16.1. The molecule has 5 nitrogen and oxygen atoms in total. The van der Waals surface area contributed by atoms with E-state index in [1.807, 2.05) is 0 Å². The Labute approximate surface area is 67.5 Å². The molecule has 0 unspecified atom stereocenters. The van der Waals surface area contributed by atoms with Crippen molar-refractivity contribution in [1.29, 1.82) is 0 Å². The Kier molecular flexibility index (Phi) is 1.48. The molecule has 2 rings (SSSR count). The van der Waals surface area contributed by atoms with Crippen LogP contribution in [0.3, 0.4) is 0 Å². The predicted octanol–water partition coefficient (Wildman–Crippen LogP) is 0.160. The van der Waals surface area contributed by atoms with Crippen LogP contribution in [0.4, 0.5) is 0 Å². The highest BCUT2D eigenvalue weighted by Crippen LogP contribution is 2.08. The van der Waals surface area contributed by atoms with Crippen LogP contribution in [0.25, 0.3) is 11.4 Å². The molecule has 2 aromatic heterocycles. The van der Waals surface area contributed by atoms with Crippen molar-refractivity contribution in [3.63, 3.8) is 0 Å². The number of aromatic nitrogens is 4. The molecule has 0 amide bonds. The average molecular weight is 162 g/mol. The molecule has 0 spiro atoms. The van der Waals surface area contributed by atoms with Gasteiger partial charge in [0.1, 0.15) is 0 Å². The minimum Gasteiger partial charge on any atom is -0.289 e. The Morgan fingerprint density at radius 1 is 1.25 bits per heavy atom. The molecule has 0 atom stereocenters. The molecule has 0 bridgehead atoms. The standard InChI is InChI=1S/C7H6N4O/c12-7-9-6(10-11-7)5-1-3-8-4-2-5/h1-4H,(H2,9,10,11,12). The number of nitrogens with zero attached hydrogens (tertiary/aromatic N) is 2. The minimum absolute atomic E-state index is 0.304. The lowest BCUT2D eigenvalue weighted by molar-refractivity contribution is 1.05. The molecule has 0 fully saturated rings. The predicted molar refractivity (Wildman–Crippen MR) is 42.4 cm³/mol. The summed E-state index contributed by atoms with van der Waals surface area (Å²) in [5, 5.41) is 6.05. The summed E-state index contributed by atoms with van der Waals surface area (Å²) in [7, 11) is 0. The number of nitrogens with one attached hydrogen (secondary N) is 2. The van der Waals surface area contributed by atoms with E-state index in [-0.39, 0.29) is 5.69 Å². The van der Waals surface area contributed by atoms with Gasteiger partial charge in [-0.3, -0.25) is 9.97 Å². The second-order valence-electron chi connectivity index (χ2n) is 2.26.